The van der Waals surface area contributed by atoms with Gasteiger partial charge < -0.3 is 0 Å². The molecule has 0 amide bonds. The zero-order chi connectivity index (χ0) is 3.58. The van der Waals surface area contributed by atoms with Crippen LogP contribution in [0.15, 0.2) is 0 Å². The van der Waals surface area contributed by atoms with E-state index in [4.69, 9.17) is 5.84 Å². The lowest BCUT2D eigenvalue weighted by atomic mass is 11.2. The standard InChI is InChI=1S/C2H8N2.H4Si/c1-4(2)3;/h3H2,1-2H3;1H4. The van der Waals surface area contributed by atoms with E-state index < -0.39 is 0 Å². The van der Waals surface area contributed by atoms with Crippen LogP contribution < -0.4 is 5.84 Å². The minimum atomic E-state index is 0. The number of hydrogen-bond donors (Lipinski definition) is 1. The third kappa shape index (κ3) is 1010. The average Bonchev–Trinajstić information content (AvgIpc) is 0.811. The van der Waals surface area contributed by atoms with Crippen LogP contribution in [-0.2, 0) is 0 Å². The molecule has 0 atom stereocenters. The molecule has 3 heteroatoms. The Kier molecular flexibility index (Phi) is 7.39. The topological polar surface area (TPSA) is 29.3 Å². The fourth-order valence-corrected chi connectivity index (χ4v) is 0. The van der Waals surface area contributed by atoms with Crippen molar-refractivity contribution in [3.63, 3.8) is 0 Å². The summed E-state index contributed by atoms with van der Waals surface area (Å²) in [5.74, 6) is 4.94. The summed E-state index contributed by atoms with van der Waals surface area (Å²) in [5, 5.41) is 1.50. The lowest BCUT2D eigenvalue weighted by molar-refractivity contribution is 0.432. The Morgan fingerprint density at radius 3 is 1.40 bits per heavy atom. The molecule has 34 valence electrons. The van der Waals surface area contributed by atoms with Crippen molar-refractivity contribution in [3.05, 3.63) is 0 Å². The molecule has 0 aromatic carbocycles. The van der Waals surface area contributed by atoms with Crippen LogP contribution in [0.5, 0.6) is 0 Å². The van der Waals surface area contributed by atoms with Crippen LogP contribution >= 0.6 is 0 Å². The van der Waals surface area contributed by atoms with Gasteiger partial charge in [0.15, 0.2) is 0 Å². The van der Waals surface area contributed by atoms with E-state index in [9.17, 15) is 0 Å². The van der Waals surface area contributed by atoms with Gasteiger partial charge in [-0.3, -0.25) is 10.9 Å². The molecule has 0 saturated heterocycles. The first-order valence-electron chi connectivity index (χ1n) is 1.15. The molecule has 2 nitrogen and oxygen atoms in total. The van der Waals surface area contributed by atoms with E-state index in [0.717, 1.165) is 0 Å². The smallest absolute Gasteiger partial charge is 0.00105 e. The van der Waals surface area contributed by atoms with E-state index in [0.29, 0.717) is 0 Å². The monoisotopic (exact) mass is 92.1 g/mol. The zero-order valence-corrected chi connectivity index (χ0v) is 3.02. The summed E-state index contributed by atoms with van der Waals surface area (Å²) in [4.78, 5) is 0. The molecule has 0 aromatic heterocycles. The molecule has 0 rings (SSSR count). The zero-order valence-electron chi connectivity index (χ0n) is 3.02. The van der Waals surface area contributed by atoms with Gasteiger partial charge in [0.1, 0.15) is 0 Å². The molecule has 0 radical (unpaired) electrons. The van der Waals surface area contributed by atoms with Gasteiger partial charge in [-0.1, -0.05) is 0 Å². The Balaban J connectivity index is 0. The molecule has 0 spiro atoms. The summed E-state index contributed by atoms with van der Waals surface area (Å²) in [6.07, 6.45) is 0. The van der Waals surface area contributed by atoms with Crippen LogP contribution in [0.1, 0.15) is 0 Å². The second-order valence-corrected chi connectivity index (χ2v) is 0.964. The number of hydrazine groups is 1. The van der Waals surface area contributed by atoms with Gasteiger partial charge in [0.2, 0.25) is 0 Å². The first-order valence-corrected chi connectivity index (χ1v) is 1.15. The van der Waals surface area contributed by atoms with E-state index in [1.165, 1.54) is 5.01 Å². The highest BCUT2D eigenvalue weighted by molar-refractivity contribution is 5.75. The average molecular weight is 92.2 g/mol. The van der Waals surface area contributed by atoms with E-state index in [-0.39, 0.29) is 11.0 Å². The molecule has 0 saturated carbocycles. The lowest BCUT2D eigenvalue weighted by Gasteiger charge is -1.91. The predicted octanol–water partition coefficient (Wildman–Crippen LogP) is -2.03. The highest BCUT2D eigenvalue weighted by atomic mass is 28.1. The van der Waals surface area contributed by atoms with Crippen molar-refractivity contribution >= 4 is 11.0 Å². The van der Waals surface area contributed by atoms with Crippen molar-refractivity contribution in [2.45, 2.75) is 0 Å². The third-order valence-electron chi connectivity index (χ3n) is 0. The summed E-state index contributed by atoms with van der Waals surface area (Å²) >= 11 is 0. The van der Waals surface area contributed by atoms with Crippen LogP contribution in [-0.4, -0.2) is 30.1 Å². The Bertz CT molecular complexity index is 12.4. The molecular formula is C2H12N2Si. The van der Waals surface area contributed by atoms with Gasteiger partial charge in [-0.2, -0.15) is 0 Å². The highest BCUT2D eigenvalue weighted by Crippen LogP contribution is 1.37. The normalized spacial score (nSPS) is 7.20. The van der Waals surface area contributed by atoms with E-state index in [2.05, 4.69) is 0 Å². The van der Waals surface area contributed by atoms with Crippen LogP contribution in [0.3, 0.4) is 0 Å². The molecule has 5 heavy (non-hydrogen) atoms. The molecule has 0 fully saturated rings. The van der Waals surface area contributed by atoms with Crippen LogP contribution in [0.25, 0.3) is 0 Å². The minimum Gasteiger partial charge on any atom is -0.269 e. The molecule has 2 N–H and O–H groups in total. The Labute approximate surface area is 36.9 Å². The Morgan fingerprint density at radius 2 is 1.40 bits per heavy atom. The fourth-order valence-electron chi connectivity index (χ4n) is 0. The van der Waals surface area contributed by atoms with Crippen LogP contribution in [0.2, 0.25) is 0 Å². The maximum absolute atomic E-state index is 4.94. The Morgan fingerprint density at radius 1 is 1.40 bits per heavy atom. The van der Waals surface area contributed by atoms with E-state index in [1.54, 1.807) is 14.1 Å². The molecule has 0 unspecified atom stereocenters. The summed E-state index contributed by atoms with van der Waals surface area (Å²) in [7, 11) is 3.56. The number of rotatable bonds is 0. The quantitative estimate of drug-likeness (QED) is 0.212. The number of nitrogens with zero attached hydrogens (tertiary/aromatic N) is 1. The van der Waals surface area contributed by atoms with Gasteiger partial charge in [-0.15, -0.1) is 0 Å². The molecule has 0 heterocycles. The van der Waals surface area contributed by atoms with E-state index >= 15 is 0 Å². The first kappa shape index (κ1) is 8.93. The minimum absolute atomic E-state index is 0. The number of hydrogen-bond acceptors (Lipinski definition) is 2. The van der Waals surface area contributed by atoms with Gasteiger partial charge in [-0.05, 0) is 11.0 Å². The predicted molar refractivity (Wildman–Crippen MR) is 29.2 cm³/mol. The number of nitrogens with two attached hydrogens (primary N) is 1. The summed E-state index contributed by atoms with van der Waals surface area (Å²) in [6, 6.07) is 0. The summed E-state index contributed by atoms with van der Waals surface area (Å²) in [6.45, 7) is 0. The first-order chi connectivity index (χ1) is 1.73. The second kappa shape index (κ2) is 4.14. The summed E-state index contributed by atoms with van der Waals surface area (Å²) < 4.78 is 0. The lowest BCUT2D eigenvalue weighted by Crippen LogP contribution is -2.18. The van der Waals surface area contributed by atoms with E-state index in [1.807, 2.05) is 0 Å². The summed E-state index contributed by atoms with van der Waals surface area (Å²) in [5.41, 5.74) is 0. The molecule has 0 aliphatic carbocycles. The maximum atomic E-state index is 4.94. The van der Waals surface area contributed by atoms with Gasteiger partial charge in [0.05, 0.1) is 0 Å². The largest absolute Gasteiger partial charge is 0.269 e. The third-order valence-corrected chi connectivity index (χ3v) is 0. The van der Waals surface area contributed by atoms with Gasteiger partial charge >= 0.3 is 0 Å². The van der Waals surface area contributed by atoms with Gasteiger partial charge in [0.25, 0.3) is 0 Å². The molecular weight excluding hydrogens is 80.1 g/mol. The van der Waals surface area contributed by atoms with Crippen molar-refractivity contribution in [2.75, 3.05) is 14.1 Å². The molecule has 0 aliphatic rings. The second-order valence-electron chi connectivity index (χ2n) is 0.964. The highest BCUT2D eigenvalue weighted by Gasteiger charge is 1.57. The van der Waals surface area contributed by atoms with Crippen LogP contribution in [0, 0.1) is 0 Å². The maximum Gasteiger partial charge on any atom is 0.00105 e. The molecule has 0 bridgehead atoms. The van der Waals surface area contributed by atoms with Crippen molar-refractivity contribution in [3.8, 4) is 0 Å². The SMILES string of the molecule is CN(C)N.[SiH4]. The van der Waals surface area contributed by atoms with Crippen LogP contribution in [0.4, 0.5) is 0 Å². The van der Waals surface area contributed by atoms with Gasteiger partial charge in [0, 0.05) is 14.1 Å². The fraction of sp³-hybridized carbons (Fsp3) is 1.00. The van der Waals surface area contributed by atoms with Crippen molar-refractivity contribution in [1.82, 2.24) is 5.01 Å². The van der Waals surface area contributed by atoms with Gasteiger partial charge in [-0.25, -0.2) is 0 Å². The Hall–Kier alpha value is 0.137. The molecule has 0 aromatic rings. The van der Waals surface area contributed by atoms with Crippen molar-refractivity contribution in [2.24, 2.45) is 5.84 Å². The molecule has 0 aliphatic heterocycles. The van der Waals surface area contributed by atoms with Crippen molar-refractivity contribution in [1.29, 1.82) is 0 Å². The van der Waals surface area contributed by atoms with Crippen molar-refractivity contribution < 1.29 is 0 Å².